The zero-order valence-electron chi connectivity index (χ0n) is 20.1. The first-order valence-electron chi connectivity index (χ1n) is 12.0. The first-order valence-corrected chi connectivity index (χ1v) is 12.4. The summed E-state index contributed by atoms with van der Waals surface area (Å²) in [5, 5.41) is 2.76. The van der Waals surface area contributed by atoms with E-state index in [1.54, 1.807) is 18.5 Å². The maximum Gasteiger partial charge on any atom is 0.212 e. The Labute approximate surface area is 213 Å². The number of halogens is 2. The van der Waals surface area contributed by atoms with E-state index < -0.39 is 11.2 Å². The van der Waals surface area contributed by atoms with Crippen LogP contribution in [-0.4, -0.2) is 30.7 Å². The number of nitrogens with zero attached hydrogens (tertiary/aromatic N) is 5. The summed E-state index contributed by atoms with van der Waals surface area (Å²) in [6.07, 6.45) is 10.5. The minimum atomic E-state index is -0.729. The van der Waals surface area contributed by atoms with E-state index in [1.807, 2.05) is 17.5 Å². The normalized spacial score (nSPS) is 15.1. The molecule has 4 aromatic rings. The van der Waals surface area contributed by atoms with E-state index >= 15 is 0 Å². The highest BCUT2D eigenvalue weighted by Crippen LogP contribution is 2.54. The Balaban J connectivity index is 1.68. The number of nitrogens with one attached hydrogen (secondary N) is 1. The van der Waals surface area contributed by atoms with Gasteiger partial charge in [0.15, 0.2) is 11.5 Å². The predicted molar refractivity (Wildman–Crippen MR) is 137 cm³/mol. The van der Waals surface area contributed by atoms with Crippen LogP contribution < -0.4 is 11.1 Å². The molecule has 8 nitrogen and oxygen atoms in total. The zero-order chi connectivity index (χ0) is 25.4. The number of carbonyl (C=O) groups excluding carboxylic acids is 1. The number of anilines is 2. The molecule has 1 saturated carbocycles. The molecular weight excluding hydrogens is 481 g/mol. The summed E-state index contributed by atoms with van der Waals surface area (Å²) < 4.78 is 16.4. The molecule has 1 atom stereocenters. The van der Waals surface area contributed by atoms with Crippen molar-refractivity contribution in [2.75, 3.05) is 11.1 Å². The van der Waals surface area contributed by atoms with Crippen molar-refractivity contribution in [3.63, 3.8) is 0 Å². The third kappa shape index (κ3) is 4.17. The Morgan fingerprint density at radius 1 is 1.31 bits per heavy atom. The van der Waals surface area contributed by atoms with Crippen molar-refractivity contribution in [2.45, 2.75) is 51.4 Å². The summed E-state index contributed by atoms with van der Waals surface area (Å²) in [6.45, 7) is 4.10. The molecule has 3 heterocycles. The molecule has 3 aromatic heterocycles. The molecule has 10 heteroatoms. The number of benzene rings is 1. The van der Waals surface area contributed by atoms with Crippen molar-refractivity contribution in [1.82, 2.24) is 24.3 Å². The van der Waals surface area contributed by atoms with Crippen molar-refractivity contribution in [3.05, 3.63) is 64.5 Å². The lowest BCUT2D eigenvalue weighted by Gasteiger charge is -2.33. The Hall–Kier alpha value is -3.59. The molecule has 1 unspecified atom stereocenters. The molecule has 1 amide bonds. The van der Waals surface area contributed by atoms with Gasteiger partial charge in [0, 0.05) is 29.6 Å². The zero-order valence-corrected chi connectivity index (χ0v) is 20.9. The van der Waals surface area contributed by atoms with E-state index in [2.05, 4.69) is 22.2 Å². The van der Waals surface area contributed by atoms with Gasteiger partial charge < -0.3 is 15.5 Å². The summed E-state index contributed by atoms with van der Waals surface area (Å²) in [6, 6.07) is 4.75. The van der Waals surface area contributed by atoms with Gasteiger partial charge in [-0.15, -0.1) is 0 Å². The van der Waals surface area contributed by atoms with Crippen molar-refractivity contribution < 1.29 is 9.18 Å². The fourth-order valence-corrected chi connectivity index (χ4v) is 5.06. The predicted octanol–water partition coefficient (Wildman–Crippen LogP) is 5.19. The van der Waals surface area contributed by atoms with Crippen molar-refractivity contribution in [1.29, 1.82) is 0 Å². The molecule has 1 aliphatic carbocycles. The fraction of sp³-hybridized carbons (Fsp3) is 0.346. The number of rotatable bonds is 9. The van der Waals surface area contributed by atoms with Gasteiger partial charge in [-0.1, -0.05) is 37.9 Å². The lowest BCUT2D eigenvalue weighted by atomic mass is 9.72. The molecule has 186 valence electrons. The van der Waals surface area contributed by atoms with Crippen molar-refractivity contribution in [3.8, 4) is 11.5 Å². The highest BCUT2D eigenvalue weighted by Gasteiger charge is 2.47. The first kappa shape index (κ1) is 24.1. The van der Waals surface area contributed by atoms with Crippen LogP contribution in [0.1, 0.15) is 56.4 Å². The number of carbonyl (C=O) groups is 1. The second kappa shape index (κ2) is 9.46. The SMILES string of the molecule is CCCCc1nc(-c2nc(N)c(C(C)(c3ccc(Cl)c(F)c3)C3CC3)c(NC=O)n2)cn2ccnc12. The monoisotopic (exact) mass is 507 g/mol. The average Bonchev–Trinajstić information content (AvgIpc) is 3.61. The van der Waals surface area contributed by atoms with Crippen molar-refractivity contribution >= 4 is 35.3 Å². The Kier molecular flexibility index (Phi) is 6.34. The number of nitrogens with two attached hydrogens (primary N) is 1. The number of hydrogen-bond donors (Lipinski definition) is 2. The molecule has 5 rings (SSSR count). The van der Waals surface area contributed by atoms with Crippen LogP contribution in [-0.2, 0) is 16.6 Å². The molecule has 1 aromatic carbocycles. The number of amides is 1. The maximum atomic E-state index is 14.5. The summed E-state index contributed by atoms with van der Waals surface area (Å²) in [7, 11) is 0. The molecule has 36 heavy (non-hydrogen) atoms. The van der Waals surface area contributed by atoms with Crippen LogP contribution in [0.3, 0.4) is 0 Å². The standard InChI is InChI=1S/C26H27ClFN7O/c1-3-4-5-19-25-30-10-11-35(25)13-20(32-19)23-33-22(29)21(24(34-23)31-14-36)26(2,15-6-7-15)16-8-9-17(27)18(28)12-16/h8-15H,3-7H2,1-2H3,(H3,29,31,33,34,36). The number of fused-ring (bicyclic) bond motifs is 1. The molecule has 1 fully saturated rings. The van der Waals surface area contributed by atoms with Gasteiger partial charge in [-0.25, -0.2) is 24.3 Å². The van der Waals surface area contributed by atoms with E-state index in [9.17, 15) is 9.18 Å². The highest BCUT2D eigenvalue weighted by molar-refractivity contribution is 6.30. The van der Waals surface area contributed by atoms with Crippen LogP contribution in [0.5, 0.6) is 0 Å². The molecule has 0 saturated heterocycles. The minimum Gasteiger partial charge on any atom is -0.383 e. The Bertz CT molecular complexity index is 1450. The second-order valence-electron chi connectivity index (χ2n) is 9.36. The van der Waals surface area contributed by atoms with Gasteiger partial charge in [-0.3, -0.25) is 4.79 Å². The van der Waals surface area contributed by atoms with Crippen LogP contribution in [0, 0.1) is 11.7 Å². The number of unbranched alkanes of at least 4 members (excludes halogenated alkanes) is 1. The van der Waals surface area contributed by atoms with Gasteiger partial charge in [0.1, 0.15) is 23.1 Å². The highest BCUT2D eigenvalue weighted by atomic mass is 35.5. The summed E-state index contributed by atoms with van der Waals surface area (Å²) >= 11 is 5.95. The largest absolute Gasteiger partial charge is 0.383 e. The van der Waals surface area contributed by atoms with Gasteiger partial charge in [-0.05, 0) is 49.3 Å². The topological polar surface area (TPSA) is 111 Å². The number of aryl methyl sites for hydroxylation is 1. The number of nitrogen functional groups attached to an aromatic ring is 1. The Morgan fingerprint density at radius 3 is 2.81 bits per heavy atom. The van der Waals surface area contributed by atoms with Gasteiger partial charge in [0.05, 0.1) is 10.7 Å². The number of aromatic nitrogens is 5. The van der Waals surface area contributed by atoms with Crippen LogP contribution >= 0.6 is 11.6 Å². The van der Waals surface area contributed by atoms with Gasteiger partial charge in [0.2, 0.25) is 6.41 Å². The lowest BCUT2D eigenvalue weighted by Crippen LogP contribution is -2.30. The molecule has 3 N–H and O–H groups in total. The van der Waals surface area contributed by atoms with E-state index in [-0.39, 0.29) is 28.4 Å². The quantitative estimate of drug-likeness (QED) is 0.302. The van der Waals surface area contributed by atoms with Crippen molar-refractivity contribution in [2.24, 2.45) is 5.92 Å². The molecule has 1 aliphatic rings. The van der Waals surface area contributed by atoms with Crippen LogP contribution in [0.2, 0.25) is 5.02 Å². The summed E-state index contributed by atoms with van der Waals surface area (Å²) in [5.41, 5.74) is 9.25. The third-order valence-corrected chi connectivity index (χ3v) is 7.31. The molecule has 0 radical (unpaired) electrons. The van der Waals surface area contributed by atoms with E-state index in [0.29, 0.717) is 23.2 Å². The second-order valence-corrected chi connectivity index (χ2v) is 9.77. The third-order valence-electron chi connectivity index (χ3n) is 7.00. The van der Waals surface area contributed by atoms with E-state index in [0.717, 1.165) is 43.4 Å². The molecular formula is C26H27ClFN7O. The molecule has 0 spiro atoms. The lowest BCUT2D eigenvalue weighted by molar-refractivity contribution is -0.105. The smallest absolute Gasteiger partial charge is 0.212 e. The molecule has 0 aliphatic heterocycles. The van der Waals surface area contributed by atoms with Gasteiger partial charge >= 0.3 is 0 Å². The number of hydrogen-bond acceptors (Lipinski definition) is 6. The van der Waals surface area contributed by atoms with Crippen LogP contribution in [0.25, 0.3) is 17.2 Å². The fourth-order valence-electron chi connectivity index (χ4n) is 4.95. The summed E-state index contributed by atoms with van der Waals surface area (Å²) in [5.74, 6) is 0.439. The maximum absolute atomic E-state index is 14.5. The van der Waals surface area contributed by atoms with E-state index in [1.165, 1.54) is 12.1 Å². The summed E-state index contributed by atoms with van der Waals surface area (Å²) in [4.78, 5) is 30.2. The average molecular weight is 508 g/mol. The van der Waals surface area contributed by atoms with E-state index in [4.69, 9.17) is 27.3 Å². The Morgan fingerprint density at radius 2 is 2.11 bits per heavy atom. The van der Waals surface area contributed by atoms with Crippen LogP contribution in [0.15, 0.2) is 36.8 Å². The van der Waals surface area contributed by atoms with Gasteiger partial charge in [-0.2, -0.15) is 0 Å². The molecule has 0 bridgehead atoms. The van der Waals surface area contributed by atoms with Crippen LogP contribution in [0.4, 0.5) is 16.0 Å². The first-order chi connectivity index (χ1) is 17.4. The van der Waals surface area contributed by atoms with Gasteiger partial charge in [0.25, 0.3) is 0 Å². The number of imidazole rings is 1. The minimum absolute atomic E-state index is 0.0440.